The van der Waals surface area contributed by atoms with Gasteiger partial charge < -0.3 is 9.64 Å². The van der Waals surface area contributed by atoms with E-state index in [1.807, 2.05) is 41.3 Å². The van der Waals surface area contributed by atoms with Gasteiger partial charge in [-0.1, -0.05) is 78.3 Å². The summed E-state index contributed by atoms with van der Waals surface area (Å²) in [6.45, 7) is 1.48. The Morgan fingerprint density at radius 3 is 2.19 bits per heavy atom. The zero-order valence-corrected chi connectivity index (χ0v) is 25.5. The molecule has 2 aliphatic rings. The molecule has 1 aliphatic carbocycles. The molecule has 1 saturated carbocycles. The van der Waals surface area contributed by atoms with Gasteiger partial charge in [-0.05, 0) is 60.9 Å². The van der Waals surface area contributed by atoms with Crippen molar-refractivity contribution in [2.45, 2.75) is 43.5 Å². The van der Waals surface area contributed by atoms with Gasteiger partial charge in [0.25, 0.3) is 0 Å². The first kappa shape index (κ1) is 29.4. The number of piperazine rings is 1. The molecule has 2 fully saturated rings. The highest BCUT2D eigenvalue weighted by atomic mass is 35.5. The lowest BCUT2D eigenvalue weighted by Crippen LogP contribution is -2.49. The van der Waals surface area contributed by atoms with Gasteiger partial charge in [0.05, 0.1) is 23.7 Å². The fourth-order valence-electron chi connectivity index (χ4n) is 6.05. The fourth-order valence-corrected chi connectivity index (χ4v) is 7.75. The number of hydrogen-bond acceptors (Lipinski definition) is 6. The Hall–Kier alpha value is -3.66. The molecule has 4 aromatic rings. The van der Waals surface area contributed by atoms with E-state index in [0.29, 0.717) is 48.5 Å². The molecule has 43 heavy (non-hydrogen) atoms. The summed E-state index contributed by atoms with van der Waals surface area (Å²) in [4.78, 5) is 15.9. The van der Waals surface area contributed by atoms with Crippen molar-refractivity contribution in [1.29, 1.82) is 0 Å². The number of nitrogens with zero attached hydrogens (tertiary/aromatic N) is 4. The molecule has 0 N–H and O–H groups in total. The lowest BCUT2D eigenvalue weighted by molar-refractivity contribution is 0.144. The van der Waals surface area contributed by atoms with E-state index in [0.717, 1.165) is 31.2 Å². The van der Waals surface area contributed by atoms with Crippen LogP contribution in [-0.4, -0.2) is 54.8 Å². The summed E-state index contributed by atoms with van der Waals surface area (Å²) in [5, 5.41) is 4.99. The van der Waals surface area contributed by atoms with Gasteiger partial charge in [-0.25, -0.2) is 8.42 Å². The molecule has 0 unspecified atom stereocenters. The number of aromatic nitrogens is 2. The molecular weight excluding hydrogens is 584 g/mol. The second kappa shape index (κ2) is 12.9. The molecule has 10 heteroatoms. The van der Waals surface area contributed by atoms with Gasteiger partial charge in [0, 0.05) is 31.2 Å². The van der Waals surface area contributed by atoms with E-state index in [1.165, 1.54) is 14.6 Å². The standard InChI is InChI=1S/C33H35ClN4O4S/c34-28-12-7-13-29(22-28)38-33(39)32(42-30-16-14-27(15-17-30)26-10-5-2-6-11-26)31(23-35-38)36-18-20-37(21-19-36)43(40,41)24-25-8-3-1-4-9-25/h1-13,22-23,27,30H,14-21,24H2. The van der Waals surface area contributed by atoms with Crippen molar-refractivity contribution in [1.82, 2.24) is 14.1 Å². The summed E-state index contributed by atoms with van der Waals surface area (Å²) in [6.07, 6.45) is 5.19. The largest absolute Gasteiger partial charge is 0.483 e. The molecule has 1 aliphatic heterocycles. The van der Waals surface area contributed by atoms with Crippen LogP contribution in [0.5, 0.6) is 5.75 Å². The first-order chi connectivity index (χ1) is 20.9. The van der Waals surface area contributed by atoms with Crippen LogP contribution in [0.25, 0.3) is 5.69 Å². The summed E-state index contributed by atoms with van der Waals surface area (Å²) >= 11 is 6.22. The lowest BCUT2D eigenvalue weighted by atomic mass is 9.83. The number of rotatable bonds is 8. The molecule has 224 valence electrons. The molecule has 0 bridgehead atoms. The van der Waals surface area contributed by atoms with Crippen LogP contribution in [0.2, 0.25) is 5.02 Å². The molecule has 2 heterocycles. The summed E-state index contributed by atoms with van der Waals surface area (Å²) < 4.78 is 35.7. The lowest BCUT2D eigenvalue weighted by Gasteiger charge is -2.36. The third kappa shape index (κ3) is 6.79. The van der Waals surface area contributed by atoms with Gasteiger partial charge in [-0.3, -0.25) is 4.79 Å². The Bertz CT molecular complexity index is 1700. The topological polar surface area (TPSA) is 84.7 Å². The average Bonchev–Trinajstić information content (AvgIpc) is 3.03. The van der Waals surface area contributed by atoms with E-state index in [1.54, 1.807) is 30.5 Å². The van der Waals surface area contributed by atoms with Crippen LogP contribution in [0.15, 0.2) is 95.9 Å². The molecule has 1 aromatic heterocycles. The van der Waals surface area contributed by atoms with Crippen LogP contribution < -0.4 is 15.2 Å². The molecule has 1 saturated heterocycles. The molecular formula is C33H35ClN4O4S. The van der Waals surface area contributed by atoms with E-state index in [9.17, 15) is 13.2 Å². The third-order valence-corrected chi connectivity index (χ3v) is 10.4. The van der Waals surface area contributed by atoms with Gasteiger partial charge in [-0.15, -0.1) is 0 Å². The monoisotopic (exact) mass is 618 g/mol. The van der Waals surface area contributed by atoms with Crippen molar-refractivity contribution < 1.29 is 13.2 Å². The molecule has 0 radical (unpaired) electrons. The maximum Gasteiger partial charge on any atom is 0.316 e. The zero-order chi connectivity index (χ0) is 29.8. The molecule has 6 rings (SSSR count). The first-order valence-electron chi connectivity index (χ1n) is 14.7. The number of halogens is 1. The summed E-state index contributed by atoms with van der Waals surface area (Å²) in [7, 11) is -3.48. The third-order valence-electron chi connectivity index (χ3n) is 8.36. The van der Waals surface area contributed by atoms with Gasteiger partial charge >= 0.3 is 5.56 Å². The van der Waals surface area contributed by atoms with Crippen molar-refractivity contribution >= 4 is 27.3 Å². The number of hydrogen-bond donors (Lipinski definition) is 0. The smallest absolute Gasteiger partial charge is 0.316 e. The minimum absolute atomic E-state index is 0.0366. The van der Waals surface area contributed by atoms with Crippen molar-refractivity contribution in [3.8, 4) is 11.4 Å². The fraction of sp³-hybridized carbons (Fsp3) is 0.333. The molecule has 0 amide bonds. The predicted octanol–water partition coefficient (Wildman–Crippen LogP) is 5.64. The van der Waals surface area contributed by atoms with Crippen LogP contribution in [0, 0.1) is 0 Å². The van der Waals surface area contributed by atoms with Crippen LogP contribution >= 0.6 is 11.6 Å². The van der Waals surface area contributed by atoms with Gasteiger partial charge in [0.15, 0.2) is 0 Å². The SMILES string of the molecule is O=c1c(OC2CCC(c3ccccc3)CC2)c(N2CCN(S(=O)(=O)Cc3ccccc3)CC2)cnn1-c1cccc(Cl)c1. The average molecular weight is 619 g/mol. The van der Waals surface area contributed by atoms with Crippen molar-refractivity contribution in [2.24, 2.45) is 0 Å². The van der Waals surface area contributed by atoms with E-state index in [2.05, 4.69) is 29.4 Å². The summed E-state index contributed by atoms with van der Waals surface area (Å²) in [5.74, 6) is 0.691. The molecule has 0 spiro atoms. The number of anilines is 1. The van der Waals surface area contributed by atoms with Crippen LogP contribution in [0.3, 0.4) is 0 Å². The van der Waals surface area contributed by atoms with Crippen molar-refractivity contribution in [2.75, 3.05) is 31.1 Å². The van der Waals surface area contributed by atoms with E-state index in [4.69, 9.17) is 16.3 Å². The summed E-state index contributed by atoms with van der Waals surface area (Å²) in [6, 6.07) is 26.8. The predicted molar refractivity (Wildman–Crippen MR) is 170 cm³/mol. The number of ether oxygens (including phenoxy) is 1. The number of benzene rings is 3. The van der Waals surface area contributed by atoms with E-state index < -0.39 is 10.0 Å². The highest BCUT2D eigenvalue weighted by Crippen LogP contribution is 2.36. The quantitative estimate of drug-likeness (QED) is 0.254. The maximum absolute atomic E-state index is 13.9. The Balaban J connectivity index is 1.22. The van der Waals surface area contributed by atoms with Gasteiger partial charge in [-0.2, -0.15) is 14.1 Å². The van der Waals surface area contributed by atoms with Crippen LogP contribution in [0.4, 0.5) is 5.69 Å². The van der Waals surface area contributed by atoms with Crippen molar-refractivity contribution in [3.05, 3.63) is 118 Å². The molecule has 0 atom stereocenters. The van der Waals surface area contributed by atoms with Crippen LogP contribution in [-0.2, 0) is 15.8 Å². The number of sulfonamides is 1. The maximum atomic E-state index is 13.9. The van der Waals surface area contributed by atoms with Gasteiger partial charge in [0.2, 0.25) is 15.8 Å². The van der Waals surface area contributed by atoms with Gasteiger partial charge in [0.1, 0.15) is 5.69 Å². The highest BCUT2D eigenvalue weighted by Gasteiger charge is 2.31. The second-order valence-corrected chi connectivity index (χ2v) is 13.6. The Labute approximate surface area is 257 Å². The highest BCUT2D eigenvalue weighted by molar-refractivity contribution is 7.88. The summed E-state index contributed by atoms with van der Waals surface area (Å²) in [5.41, 5.74) is 2.89. The normalized spacial score (nSPS) is 19.7. The Kier molecular flexibility index (Phi) is 8.83. The van der Waals surface area contributed by atoms with Crippen LogP contribution in [0.1, 0.15) is 42.7 Å². The molecule has 3 aromatic carbocycles. The zero-order valence-electron chi connectivity index (χ0n) is 23.9. The Morgan fingerprint density at radius 1 is 0.837 bits per heavy atom. The van der Waals surface area contributed by atoms with E-state index in [-0.39, 0.29) is 23.2 Å². The Morgan fingerprint density at radius 2 is 1.51 bits per heavy atom. The van der Waals surface area contributed by atoms with E-state index >= 15 is 0 Å². The first-order valence-corrected chi connectivity index (χ1v) is 16.7. The molecule has 8 nitrogen and oxygen atoms in total. The van der Waals surface area contributed by atoms with Crippen molar-refractivity contribution in [3.63, 3.8) is 0 Å². The minimum atomic E-state index is -3.48. The second-order valence-electron chi connectivity index (χ2n) is 11.2. The minimum Gasteiger partial charge on any atom is -0.483 e.